The molecule has 0 aliphatic carbocycles. The number of hydrogen-bond donors (Lipinski definition) is 2. The first-order valence-electron chi connectivity index (χ1n) is 11.5. The van der Waals surface area contributed by atoms with Gasteiger partial charge >= 0.3 is 0 Å². The normalized spacial score (nSPS) is 17.3. The quantitative estimate of drug-likeness (QED) is 0.561. The van der Waals surface area contributed by atoms with Gasteiger partial charge in [0.25, 0.3) is 15.9 Å². The number of aryl methyl sites for hydroxylation is 1. The smallest absolute Gasteiger partial charge is 0.283 e. The molecule has 3 aliphatic heterocycles. The van der Waals surface area contributed by atoms with E-state index in [0.717, 1.165) is 28.2 Å². The van der Waals surface area contributed by atoms with Gasteiger partial charge in [0.05, 0.1) is 29.4 Å². The molecule has 2 N–H and O–H groups in total. The maximum Gasteiger partial charge on any atom is 0.283 e. The lowest BCUT2D eigenvalue weighted by Crippen LogP contribution is -2.31. The average Bonchev–Trinajstić information content (AvgIpc) is 3.47. The van der Waals surface area contributed by atoms with Crippen LogP contribution in [0.1, 0.15) is 34.9 Å². The van der Waals surface area contributed by atoms with Crippen molar-refractivity contribution >= 4 is 21.6 Å². The Morgan fingerprint density at radius 3 is 2.77 bits per heavy atom. The molecule has 1 atom stereocenters. The number of aromatic nitrogens is 2. The molecule has 0 saturated heterocycles. The van der Waals surface area contributed by atoms with Crippen molar-refractivity contribution in [1.82, 2.24) is 14.1 Å². The molecule has 4 heterocycles. The van der Waals surface area contributed by atoms with Gasteiger partial charge in [0.2, 0.25) is 0 Å². The van der Waals surface area contributed by atoms with Crippen molar-refractivity contribution < 1.29 is 27.8 Å². The maximum absolute atomic E-state index is 13.2. The molecule has 35 heavy (non-hydrogen) atoms. The SMILES string of the molecule is O=C(C(O)c1ccc2c(c1)NCCO2)N1Cc2cn(S(=O)(=O)c3ccc4c(c3)OCCC4)nc2C1. The molecule has 0 bridgehead atoms. The van der Waals surface area contributed by atoms with Crippen molar-refractivity contribution in [2.24, 2.45) is 0 Å². The summed E-state index contributed by atoms with van der Waals surface area (Å²) in [7, 11) is -3.90. The van der Waals surface area contributed by atoms with Gasteiger partial charge in [0.15, 0.2) is 6.10 Å². The van der Waals surface area contributed by atoms with Gasteiger partial charge < -0.3 is 24.8 Å². The monoisotopic (exact) mass is 496 g/mol. The molecule has 0 saturated carbocycles. The highest BCUT2D eigenvalue weighted by atomic mass is 32.2. The van der Waals surface area contributed by atoms with Crippen LogP contribution in [-0.2, 0) is 34.3 Å². The molecule has 182 valence electrons. The summed E-state index contributed by atoms with van der Waals surface area (Å²) in [6.07, 6.45) is 1.86. The third-order valence-corrected chi connectivity index (χ3v) is 8.06. The van der Waals surface area contributed by atoms with Crippen molar-refractivity contribution in [3.05, 3.63) is 65.0 Å². The van der Waals surface area contributed by atoms with E-state index in [4.69, 9.17) is 9.47 Å². The number of hydrogen-bond acceptors (Lipinski definition) is 8. The van der Waals surface area contributed by atoms with E-state index in [1.165, 1.54) is 11.1 Å². The standard InChI is InChI=1S/C24H24N4O6S/c29-23(16-4-6-21-19(10-16)25-7-9-34-21)24(30)27-12-17-13-28(26-20(17)14-27)35(31,32)18-5-3-15-2-1-8-33-22(15)11-18/h3-6,10-11,13,23,25,29H,1-2,7-9,12,14H2. The number of benzene rings is 2. The number of aliphatic hydroxyl groups excluding tert-OH is 1. The Morgan fingerprint density at radius 2 is 1.91 bits per heavy atom. The highest BCUT2D eigenvalue weighted by Gasteiger charge is 2.33. The summed E-state index contributed by atoms with van der Waals surface area (Å²) in [5, 5.41) is 18.2. The van der Waals surface area contributed by atoms with Gasteiger partial charge in [-0.2, -0.15) is 17.6 Å². The van der Waals surface area contributed by atoms with Crippen molar-refractivity contribution in [1.29, 1.82) is 0 Å². The zero-order valence-electron chi connectivity index (χ0n) is 18.8. The van der Waals surface area contributed by atoms with E-state index in [1.54, 1.807) is 36.4 Å². The summed E-state index contributed by atoms with van der Waals surface area (Å²) in [6, 6.07) is 10.00. The zero-order valence-corrected chi connectivity index (χ0v) is 19.6. The number of nitrogens with zero attached hydrogens (tertiary/aromatic N) is 3. The molecule has 10 nitrogen and oxygen atoms in total. The number of fused-ring (bicyclic) bond motifs is 3. The minimum atomic E-state index is -3.90. The van der Waals surface area contributed by atoms with Gasteiger partial charge in [0.1, 0.15) is 18.1 Å². The van der Waals surface area contributed by atoms with Crippen LogP contribution in [0, 0.1) is 0 Å². The molecule has 3 aliphatic rings. The topological polar surface area (TPSA) is 123 Å². The van der Waals surface area contributed by atoms with Crippen LogP contribution in [0.25, 0.3) is 0 Å². The number of aliphatic hydroxyl groups is 1. The Labute approximate surface area is 202 Å². The Morgan fingerprint density at radius 1 is 1.06 bits per heavy atom. The highest BCUT2D eigenvalue weighted by molar-refractivity contribution is 7.89. The van der Waals surface area contributed by atoms with Crippen LogP contribution in [0.3, 0.4) is 0 Å². The predicted octanol–water partition coefficient (Wildman–Crippen LogP) is 1.83. The molecular formula is C24H24N4O6S. The minimum Gasteiger partial charge on any atom is -0.493 e. The molecule has 2 aromatic carbocycles. The third kappa shape index (κ3) is 3.80. The average molecular weight is 497 g/mol. The molecule has 0 spiro atoms. The Kier molecular flexibility index (Phi) is 5.19. The number of carbonyl (C=O) groups excluding carboxylic acids is 1. The number of anilines is 1. The molecule has 6 rings (SSSR count). The maximum atomic E-state index is 13.2. The molecule has 1 amide bonds. The summed E-state index contributed by atoms with van der Waals surface area (Å²) in [4.78, 5) is 14.5. The summed E-state index contributed by atoms with van der Waals surface area (Å²) in [6.45, 7) is 2.07. The number of rotatable bonds is 4. The highest BCUT2D eigenvalue weighted by Crippen LogP contribution is 2.33. The van der Waals surface area contributed by atoms with Crippen molar-refractivity contribution in [3.8, 4) is 11.5 Å². The van der Waals surface area contributed by atoms with Gasteiger partial charge in [-0.25, -0.2) is 0 Å². The van der Waals surface area contributed by atoms with E-state index in [1.807, 2.05) is 0 Å². The summed E-state index contributed by atoms with van der Waals surface area (Å²) >= 11 is 0. The number of amides is 1. The van der Waals surface area contributed by atoms with Crippen LogP contribution in [-0.4, -0.2) is 53.3 Å². The third-order valence-electron chi connectivity index (χ3n) is 6.53. The second kappa shape index (κ2) is 8.28. The fourth-order valence-electron chi connectivity index (χ4n) is 4.64. The molecule has 0 radical (unpaired) electrons. The first-order chi connectivity index (χ1) is 16.9. The second-order valence-electron chi connectivity index (χ2n) is 8.83. The summed E-state index contributed by atoms with van der Waals surface area (Å²) in [5.41, 5.74) is 3.30. The molecule has 1 unspecified atom stereocenters. The van der Waals surface area contributed by atoms with E-state index in [0.29, 0.717) is 48.1 Å². The predicted molar refractivity (Wildman–Crippen MR) is 125 cm³/mol. The lowest BCUT2D eigenvalue weighted by molar-refractivity contribution is -0.141. The van der Waals surface area contributed by atoms with Crippen LogP contribution in [0.2, 0.25) is 0 Å². The molecule has 3 aromatic rings. The second-order valence-corrected chi connectivity index (χ2v) is 10.6. The lowest BCUT2D eigenvalue weighted by Gasteiger charge is -2.23. The van der Waals surface area contributed by atoms with Crippen molar-refractivity contribution in [2.75, 3.05) is 25.1 Å². The van der Waals surface area contributed by atoms with E-state index < -0.39 is 22.0 Å². The Hall–Kier alpha value is -3.57. The van der Waals surface area contributed by atoms with Crippen LogP contribution < -0.4 is 14.8 Å². The number of nitrogens with one attached hydrogen (secondary N) is 1. The Bertz CT molecular complexity index is 1410. The fourth-order valence-corrected chi connectivity index (χ4v) is 5.82. The van der Waals surface area contributed by atoms with Crippen LogP contribution in [0.15, 0.2) is 47.5 Å². The van der Waals surface area contributed by atoms with Gasteiger partial charge in [-0.1, -0.05) is 12.1 Å². The minimum absolute atomic E-state index is 0.104. The van der Waals surface area contributed by atoms with E-state index in [-0.39, 0.29) is 18.0 Å². The Balaban J connectivity index is 1.18. The number of ether oxygens (including phenoxy) is 2. The van der Waals surface area contributed by atoms with E-state index in [2.05, 4.69) is 10.4 Å². The number of carbonyl (C=O) groups is 1. The molecule has 11 heteroatoms. The summed E-state index contributed by atoms with van der Waals surface area (Å²) in [5.74, 6) is 0.800. The van der Waals surface area contributed by atoms with Crippen molar-refractivity contribution in [3.63, 3.8) is 0 Å². The van der Waals surface area contributed by atoms with Gasteiger partial charge in [-0.15, -0.1) is 0 Å². The molecular weight excluding hydrogens is 472 g/mol. The van der Waals surface area contributed by atoms with E-state index >= 15 is 0 Å². The molecule has 0 fully saturated rings. The van der Waals surface area contributed by atoms with E-state index in [9.17, 15) is 18.3 Å². The first-order valence-corrected chi connectivity index (χ1v) is 12.9. The largest absolute Gasteiger partial charge is 0.493 e. The van der Waals surface area contributed by atoms with Gasteiger partial charge in [-0.05, 0) is 42.2 Å². The zero-order chi connectivity index (χ0) is 24.2. The van der Waals surface area contributed by atoms with Crippen LogP contribution in [0.5, 0.6) is 11.5 Å². The van der Waals surface area contributed by atoms with Crippen molar-refractivity contribution in [2.45, 2.75) is 36.9 Å². The first kappa shape index (κ1) is 21.9. The van der Waals surface area contributed by atoms with Crippen LogP contribution >= 0.6 is 0 Å². The summed E-state index contributed by atoms with van der Waals surface area (Å²) < 4.78 is 38.4. The fraction of sp³-hybridized carbons (Fsp3) is 0.333. The van der Waals surface area contributed by atoms with Crippen LogP contribution in [0.4, 0.5) is 5.69 Å². The lowest BCUT2D eigenvalue weighted by atomic mass is 10.1. The molecule has 1 aromatic heterocycles. The van der Waals surface area contributed by atoms with Gasteiger partial charge in [-0.3, -0.25) is 4.79 Å². The van der Waals surface area contributed by atoms with Gasteiger partial charge in [0, 0.05) is 30.9 Å².